The van der Waals surface area contributed by atoms with E-state index in [1.54, 1.807) is 0 Å². The second-order valence-corrected chi connectivity index (χ2v) is 5.57. The van der Waals surface area contributed by atoms with Crippen LogP contribution in [-0.4, -0.2) is 8.42 Å². The summed E-state index contributed by atoms with van der Waals surface area (Å²) in [6.07, 6.45) is 0. The molecule has 1 aromatic carbocycles. The molecular weight excluding hydrogens is 336 g/mol. The summed E-state index contributed by atoms with van der Waals surface area (Å²) in [4.78, 5) is -0.0998. The van der Waals surface area contributed by atoms with Gasteiger partial charge in [0.2, 0.25) is 10.0 Å². The van der Waals surface area contributed by atoms with Gasteiger partial charge in [-0.15, -0.1) is 0 Å². The van der Waals surface area contributed by atoms with E-state index in [-0.39, 0.29) is 14.9 Å². The van der Waals surface area contributed by atoms with Crippen LogP contribution < -0.4 is 5.14 Å². The van der Waals surface area contributed by atoms with Crippen LogP contribution in [0, 0.1) is 11.3 Å². The number of nitrogens with two attached hydrogens (primary N) is 1. The summed E-state index contributed by atoms with van der Waals surface area (Å²) in [5.74, 6) is 0. The molecule has 0 bridgehead atoms. The van der Waals surface area contributed by atoms with E-state index < -0.39 is 10.0 Å². The molecule has 4 nitrogen and oxygen atoms in total. The van der Waals surface area contributed by atoms with Crippen LogP contribution in [0.3, 0.4) is 0 Å². The van der Waals surface area contributed by atoms with Crippen LogP contribution in [0.1, 0.15) is 5.56 Å². The first-order valence-corrected chi connectivity index (χ1v) is 6.42. The largest absolute Gasteiger partial charge is 0.239 e. The van der Waals surface area contributed by atoms with E-state index in [1.165, 1.54) is 12.1 Å². The number of benzene rings is 1. The third-order valence-corrected chi connectivity index (χ3v) is 4.17. The van der Waals surface area contributed by atoms with Gasteiger partial charge < -0.3 is 0 Å². The molecule has 0 aromatic heterocycles. The Labute approximate surface area is 98.0 Å². The molecule has 14 heavy (non-hydrogen) atoms. The van der Waals surface area contributed by atoms with Crippen molar-refractivity contribution in [2.24, 2.45) is 5.14 Å². The van der Waals surface area contributed by atoms with Crippen molar-refractivity contribution in [3.63, 3.8) is 0 Å². The Morgan fingerprint density at radius 3 is 2.36 bits per heavy atom. The van der Waals surface area contributed by atoms with Crippen molar-refractivity contribution < 1.29 is 8.42 Å². The number of hydrogen-bond donors (Lipinski definition) is 1. The van der Waals surface area contributed by atoms with Gasteiger partial charge in [-0.25, -0.2) is 13.6 Å². The molecule has 0 atom stereocenters. The van der Waals surface area contributed by atoms with Crippen molar-refractivity contribution in [1.82, 2.24) is 0 Å². The van der Waals surface area contributed by atoms with Crippen molar-refractivity contribution in [2.45, 2.75) is 4.90 Å². The molecule has 1 rings (SSSR count). The molecule has 0 radical (unpaired) electrons. The van der Waals surface area contributed by atoms with Crippen molar-refractivity contribution >= 4 is 41.9 Å². The minimum atomic E-state index is -3.80. The van der Waals surface area contributed by atoms with E-state index in [9.17, 15) is 8.42 Å². The number of nitrogens with zero attached hydrogens (tertiary/aromatic N) is 1. The van der Waals surface area contributed by atoms with Crippen LogP contribution in [-0.2, 0) is 10.0 Å². The Balaban J connectivity index is 3.62. The topological polar surface area (TPSA) is 83.9 Å². The fourth-order valence-corrected chi connectivity index (χ4v) is 3.26. The quantitative estimate of drug-likeness (QED) is 0.845. The number of primary sulfonamides is 1. The van der Waals surface area contributed by atoms with E-state index in [0.717, 1.165) is 0 Å². The highest BCUT2D eigenvalue weighted by molar-refractivity contribution is 9.11. The van der Waals surface area contributed by atoms with Crippen molar-refractivity contribution in [3.8, 4) is 6.07 Å². The lowest BCUT2D eigenvalue weighted by Gasteiger charge is -2.04. The summed E-state index contributed by atoms with van der Waals surface area (Å²) in [6.45, 7) is 0. The Morgan fingerprint density at radius 1 is 1.36 bits per heavy atom. The van der Waals surface area contributed by atoms with E-state index in [4.69, 9.17) is 10.4 Å². The number of nitriles is 1. The van der Waals surface area contributed by atoms with Gasteiger partial charge in [-0.3, -0.25) is 0 Å². The number of sulfonamides is 1. The number of hydrogen-bond acceptors (Lipinski definition) is 3. The molecule has 0 aliphatic heterocycles. The van der Waals surface area contributed by atoms with Gasteiger partial charge in [0.05, 0.1) is 14.9 Å². The van der Waals surface area contributed by atoms with E-state index >= 15 is 0 Å². The van der Waals surface area contributed by atoms with Crippen LogP contribution >= 0.6 is 31.9 Å². The van der Waals surface area contributed by atoms with E-state index in [2.05, 4.69) is 31.9 Å². The summed E-state index contributed by atoms with van der Waals surface area (Å²) >= 11 is 6.14. The van der Waals surface area contributed by atoms with Gasteiger partial charge in [0.1, 0.15) is 6.07 Å². The van der Waals surface area contributed by atoms with E-state index in [0.29, 0.717) is 4.47 Å². The fraction of sp³-hybridized carbons (Fsp3) is 0. The van der Waals surface area contributed by atoms with Gasteiger partial charge in [-0.05, 0) is 44.0 Å². The second kappa shape index (κ2) is 3.98. The Bertz CT molecular complexity index is 519. The highest BCUT2D eigenvalue weighted by atomic mass is 79.9. The third-order valence-electron chi connectivity index (χ3n) is 1.47. The van der Waals surface area contributed by atoms with Gasteiger partial charge in [-0.1, -0.05) is 0 Å². The first-order chi connectivity index (χ1) is 6.38. The molecule has 0 saturated heterocycles. The minimum Gasteiger partial charge on any atom is -0.225 e. The highest BCUT2D eigenvalue weighted by Crippen LogP contribution is 2.30. The molecule has 1 aromatic rings. The average Bonchev–Trinajstić information content (AvgIpc) is 2.02. The van der Waals surface area contributed by atoms with Crippen LogP contribution in [0.25, 0.3) is 0 Å². The zero-order valence-electron chi connectivity index (χ0n) is 6.66. The lowest BCUT2D eigenvalue weighted by atomic mass is 10.2. The molecule has 0 aliphatic rings. The van der Waals surface area contributed by atoms with Crippen LogP contribution in [0.2, 0.25) is 0 Å². The second-order valence-electron chi connectivity index (χ2n) is 2.39. The van der Waals surface area contributed by atoms with Crippen LogP contribution in [0.5, 0.6) is 0 Å². The molecule has 0 saturated carbocycles. The molecule has 0 unspecified atom stereocenters. The average molecular weight is 340 g/mol. The van der Waals surface area contributed by atoms with Gasteiger partial charge in [-0.2, -0.15) is 5.26 Å². The zero-order valence-corrected chi connectivity index (χ0v) is 10.6. The summed E-state index contributed by atoms with van der Waals surface area (Å²) in [5, 5.41) is 13.7. The van der Waals surface area contributed by atoms with Gasteiger partial charge in [0, 0.05) is 4.47 Å². The van der Waals surface area contributed by atoms with Crippen molar-refractivity contribution in [1.29, 1.82) is 5.26 Å². The fourth-order valence-electron chi connectivity index (χ4n) is 0.856. The summed E-state index contributed by atoms with van der Waals surface area (Å²) in [6, 6.07) is 4.65. The molecule has 2 N–H and O–H groups in total. The molecule has 0 aliphatic carbocycles. The molecule has 0 fully saturated rings. The van der Waals surface area contributed by atoms with Gasteiger partial charge in [0.25, 0.3) is 0 Å². The minimum absolute atomic E-state index is 0.0998. The third kappa shape index (κ3) is 2.15. The maximum Gasteiger partial charge on any atom is 0.239 e. The Kier molecular flexibility index (Phi) is 3.32. The molecular formula is C7H4Br2N2O2S. The van der Waals surface area contributed by atoms with E-state index in [1.807, 2.05) is 6.07 Å². The molecule has 0 amide bonds. The molecule has 74 valence electrons. The molecule has 7 heteroatoms. The summed E-state index contributed by atoms with van der Waals surface area (Å²) in [7, 11) is -3.80. The predicted octanol–water partition coefficient (Wildman–Crippen LogP) is 1.73. The Morgan fingerprint density at radius 2 is 1.93 bits per heavy atom. The zero-order chi connectivity index (χ0) is 10.9. The maximum atomic E-state index is 11.1. The normalized spacial score (nSPS) is 11.0. The standard InChI is InChI=1S/C7H4Br2N2O2S/c8-5-1-2-6(14(11,12)13)7(9)4(5)3-10/h1-2H,(H2,11,12,13). The maximum absolute atomic E-state index is 11.1. The first-order valence-electron chi connectivity index (χ1n) is 3.29. The lowest BCUT2D eigenvalue weighted by molar-refractivity contribution is 0.597. The van der Waals surface area contributed by atoms with Gasteiger partial charge >= 0.3 is 0 Å². The highest BCUT2D eigenvalue weighted by Gasteiger charge is 2.17. The van der Waals surface area contributed by atoms with Crippen LogP contribution in [0.4, 0.5) is 0 Å². The summed E-state index contributed by atoms with van der Waals surface area (Å²) in [5.41, 5.74) is 0.205. The van der Waals surface area contributed by atoms with Gasteiger partial charge in [0.15, 0.2) is 0 Å². The predicted molar refractivity (Wildman–Crippen MR) is 57.9 cm³/mol. The van der Waals surface area contributed by atoms with Crippen LogP contribution in [0.15, 0.2) is 26.0 Å². The van der Waals surface area contributed by atoms with Crippen molar-refractivity contribution in [3.05, 3.63) is 26.6 Å². The molecule has 0 heterocycles. The number of rotatable bonds is 1. The number of halogens is 2. The molecule has 0 spiro atoms. The van der Waals surface area contributed by atoms with Crippen molar-refractivity contribution in [2.75, 3.05) is 0 Å². The smallest absolute Gasteiger partial charge is 0.225 e. The lowest BCUT2D eigenvalue weighted by Crippen LogP contribution is -2.13. The monoisotopic (exact) mass is 338 g/mol. The SMILES string of the molecule is N#Cc1c(Br)ccc(S(N)(=O)=O)c1Br. The Hall–Kier alpha value is -0.420. The first kappa shape index (κ1) is 11.7. The summed E-state index contributed by atoms with van der Waals surface area (Å²) < 4.78 is 22.8.